The zero-order valence-corrected chi connectivity index (χ0v) is 30.3. The van der Waals surface area contributed by atoms with Crippen LogP contribution in [0.15, 0.2) is 158 Å². The van der Waals surface area contributed by atoms with E-state index in [1.807, 2.05) is 18.2 Å². The smallest absolute Gasteiger partial charge is 0.212 e. The molecule has 256 valence electrons. The first kappa shape index (κ1) is 31.2. The summed E-state index contributed by atoms with van der Waals surface area (Å²) in [7, 11) is 0. The highest BCUT2D eigenvalue weighted by Gasteiger charge is 2.37. The molecule has 0 bridgehead atoms. The van der Waals surface area contributed by atoms with Gasteiger partial charge in [-0.15, -0.1) is 0 Å². The molecule has 2 aromatic heterocycles. The van der Waals surface area contributed by atoms with Crippen molar-refractivity contribution in [1.29, 1.82) is 5.26 Å². The second-order valence-corrected chi connectivity index (χ2v) is 15.1. The molecule has 0 atom stereocenters. The molecule has 4 nitrogen and oxygen atoms in total. The maximum atomic E-state index is 11.0. The van der Waals surface area contributed by atoms with Crippen molar-refractivity contribution in [3.8, 4) is 39.7 Å². The van der Waals surface area contributed by atoms with E-state index in [2.05, 4.69) is 173 Å². The molecule has 1 aliphatic carbocycles. The lowest BCUT2D eigenvalue weighted by molar-refractivity contribution is 0.661. The molecule has 11 rings (SSSR count). The van der Waals surface area contributed by atoms with Crippen LogP contribution in [0.3, 0.4) is 0 Å². The normalized spacial score (nSPS) is 13.0. The maximum absolute atomic E-state index is 11.0. The van der Waals surface area contributed by atoms with Crippen LogP contribution in [0.5, 0.6) is 0 Å². The van der Waals surface area contributed by atoms with Gasteiger partial charge < -0.3 is 9.13 Å². The summed E-state index contributed by atoms with van der Waals surface area (Å²) in [5.74, 6) is 0. The van der Waals surface area contributed by atoms with E-state index in [4.69, 9.17) is 6.57 Å². The second-order valence-electron chi connectivity index (χ2n) is 15.1. The van der Waals surface area contributed by atoms with Crippen LogP contribution < -0.4 is 0 Å². The van der Waals surface area contributed by atoms with E-state index in [1.54, 1.807) is 0 Å². The Balaban J connectivity index is 1.24. The number of fused-ring (bicyclic) bond motifs is 12. The van der Waals surface area contributed by atoms with Gasteiger partial charge in [0.25, 0.3) is 0 Å². The molecular formula is C51H32N4. The van der Waals surface area contributed by atoms with Crippen molar-refractivity contribution >= 4 is 60.1 Å². The van der Waals surface area contributed by atoms with Crippen LogP contribution in [-0.4, -0.2) is 9.13 Å². The van der Waals surface area contributed by atoms with Gasteiger partial charge in [-0.05, 0) is 75.0 Å². The molecule has 55 heavy (non-hydrogen) atoms. The molecule has 0 spiro atoms. The average molecular weight is 701 g/mol. The number of benzene rings is 8. The van der Waals surface area contributed by atoms with Crippen molar-refractivity contribution in [1.82, 2.24) is 9.13 Å². The molecule has 0 unspecified atom stereocenters. The zero-order chi connectivity index (χ0) is 37.0. The Hall–Kier alpha value is -7.40. The standard InChI is InChI=1S/C51H32N4/c1-51(2)40-19-11-9-18-38(40)49-41(51)24-23-37-36-17-10-12-20-43(36)55(50(37)49)47-28-34(30-52)46(29-42(47)53-3)54-44-25-22-33(31-13-5-4-6-14-31)27-39(44)48-35-16-8-7-15-32(35)21-26-45(48)54/h4-29H,1-2H3. The lowest BCUT2D eigenvalue weighted by Crippen LogP contribution is -2.14. The van der Waals surface area contributed by atoms with Crippen LogP contribution >= 0.6 is 0 Å². The molecule has 0 aliphatic heterocycles. The minimum absolute atomic E-state index is 0.188. The SMILES string of the molecule is [C-]#[N+]c1cc(-n2c3ccc(-c4ccccc4)cc3c3c4ccccc4ccc32)c(C#N)cc1-n1c2ccccc2c2ccc3c(c21)-c1ccccc1C3(C)C. The van der Waals surface area contributed by atoms with E-state index >= 15 is 0 Å². The Morgan fingerprint density at radius 1 is 0.564 bits per heavy atom. The minimum Gasteiger partial charge on any atom is -0.318 e. The summed E-state index contributed by atoms with van der Waals surface area (Å²) in [5.41, 5.74) is 13.5. The summed E-state index contributed by atoms with van der Waals surface area (Å²) in [5, 5.41) is 17.8. The summed E-state index contributed by atoms with van der Waals surface area (Å²) in [4.78, 5) is 4.22. The molecule has 10 aromatic rings. The molecule has 0 N–H and O–H groups in total. The number of nitrogens with zero attached hydrogens (tertiary/aromatic N) is 4. The zero-order valence-electron chi connectivity index (χ0n) is 30.3. The van der Waals surface area contributed by atoms with Crippen LogP contribution in [0.2, 0.25) is 0 Å². The van der Waals surface area contributed by atoms with Crippen molar-refractivity contribution in [2.75, 3.05) is 0 Å². The predicted molar refractivity (Wildman–Crippen MR) is 227 cm³/mol. The molecular weight excluding hydrogens is 669 g/mol. The van der Waals surface area contributed by atoms with Crippen molar-refractivity contribution in [3.05, 3.63) is 186 Å². The second kappa shape index (κ2) is 11.3. The molecule has 0 saturated carbocycles. The van der Waals surface area contributed by atoms with E-state index in [0.717, 1.165) is 65.5 Å². The number of para-hydroxylation sites is 1. The van der Waals surface area contributed by atoms with Gasteiger partial charge in [0.1, 0.15) is 6.07 Å². The van der Waals surface area contributed by atoms with E-state index in [9.17, 15) is 5.26 Å². The van der Waals surface area contributed by atoms with Crippen LogP contribution in [0.4, 0.5) is 5.69 Å². The lowest BCUT2D eigenvalue weighted by atomic mass is 9.82. The molecule has 2 heterocycles. The first-order chi connectivity index (χ1) is 27.0. The number of hydrogen-bond donors (Lipinski definition) is 0. The summed E-state index contributed by atoms with van der Waals surface area (Å²) in [6.07, 6.45) is 0. The molecule has 0 saturated heterocycles. The average Bonchev–Trinajstić information content (AvgIpc) is 3.83. The van der Waals surface area contributed by atoms with Crippen LogP contribution in [0.1, 0.15) is 30.5 Å². The fourth-order valence-corrected chi connectivity index (χ4v) is 9.46. The summed E-state index contributed by atoms with van der Waals surface area (Å²) in [6.45, 7) is 13.2. The predicted octanol–water partition coefficient (Wildman–Crippen LogP) is 13.4. The fourth-order valence-electron chi connectivity index (χ4n) is 9.46. The van der Waals surface area contributed by atoms with Gasteiger partial charge in [-0.2, -0.15) is 5.26 Å². The quantitative estimate of drug-likeness (QED) is 0.169. The van der Waals surface area contributed by atoms with Gasteiger partial charge in [0.15, 0.2) is 0 Å². The van der Waals surface area contributed by atoms with E-state index in [0.29, 0.717) is 22.6 Å². The number of nitriles is 1. The van der Waals surface area contributed by atoms with E-state index in [1.165, 1.54) is 22.3 Å². The van der Waals surface area contributed by atoms with Crippen LogP contribution in [0.25, 0.3) is 92.9 Å². The molecule has 4 heteroatoms. The first-order valence-corrected chi connectivity index (χ1v) is 18.6. The van der Waals surface area contributed by atoms with Gasteiger partial charge in [-0.3, -0.25) is 0 Å². The fraction of sp³-hybridized carbons (Fsp3) is 0.0588. The highest BCUT2D eigenvalue weighted by molar-refractivity contribution is 6.22. The maximum Gasteiger partial charge on any atom is 0.212 e. The Kier molecular flexibility index (Phi) is 6.40. The molecule has 8 aromatic carbocycles. The van der Waals surface area contributed by atoms with Gasteiger partial charge in [-0.1, -0.05) is 135 Å². The highest BCUT2D eigenvalue weighted by atomic mass is 15.0. The first-order valence-electron chi connectivity index (χ1n) is 18.6. The van der Waals surface area contributed by atoms with Crippen molar-refractivity contribution in [2.24, 2.45) is 0 Å². The molecule has 0 amide bonds. The summed E-state index contributed by atoms with van der Waals surface area (Å²) in [6, 6.07) is 57.9. The number of aromatic nitrogens is 2. The Bertz CT molecular complexity index is 3360. The van der Waals surface area contributed by atoms with Crippen molar-refractivity contribution in [3.63, 3.8) is 0 Å². The lowest BCUT2D eigenvalue weighted by Gasteiger charge is -2.21. The molecule has 1 aliphatic rings. The Labute approximate surface area is 318 Å². The van der Waals surface area contributed by atoms with Gasteiger partial charge in [0.05, 0.1) is 45.6 Å². The van der Waals surface area contributed by atoms with Gasteiger partial charge >= 0.3 is 0 Å². The third-order valence-corrected chi connectivity index (χ3v) is 12.0. The van der Waals surface area contributed by atoms with Crippen molar-refractivity contribution < 1.29 is 0 Å². The molecule has 0 fully saturated rings. The Morgan fingerprint density at radius 3 is 2.13 bits per heavy atom. The summed E-state index contributed by atoms with van der Waals surface area (Å²) >= 11 is 0. The topological polar surface area (TPSA) is 38.0 Å². The van der Waals surface area contributed by atoms with Gasteiger partial charge in [-0.25, -0.2) is 4.85 Å². The van der Waals surface area contributed by atoms with E-state index < -0.39 is 0 Å². The number of rotatable bonds is 3. The molecule has 0 radical (unpaired) electrons. The third-order valence-electron chi connectivity index (χ3n) is 12.0. The minimum atomic E-state index is -0.188. The Morgan fingerprint density at radius 2 is 1.29 bits per heavy atom. The van der Waals surface area contributed by atoms with Gasteiger partial charge in [0, 0.05) is 32.5 Å². The van der Waals surface area contributed by atoms with Gasteiger partial charge in [0.2, 0.25) is 5.69 Å². The van der Waals surface area contributed by atoms with Crippen LogP contribution in [-0.2, 0) is 5.41 Å². The largest absolute Gasteiger partial charge is 0.318 e. The summed E-state index contributed by atoms with van der Waals surface area (Å²) < 4.78 is 4.43. The highest BCUT2D eigenvalue weighted by Crippen LogP contribution is 2.53. The number of hydrogen-bond acceptors (Lipinski definition) is 1. The van der Waals surface area contributed by atoms with E-state index in [-0.39, 0.29) is 5.41 Å². The monoisotopic (exact) mass is 700 g/mol. The van der Waals surface area contributed by atoms with Crippen LogP contribution in [0, 0.1) is 17.9 Å². The van der Waals surface area contributed by atoms with Crippen molar-refractivity contribution in [2.45, 2.75) is 19.3 Å². The third kappa shape index (κ3) is 4.20.